The van der Waals surface area contributed by atoms with Crippen LogP contribution in [-0.2, 0) is 4.74 Å². The minimum atomic E-state index is -1.89. The lowest BCUT2D eigenvalue weighted by Crippen LogP contribution is -2.06. The van der Waals surface area contributed by atoms with Gasteiger partial charge in [0.15, 0.2) is 5.69 Å². The summed E-state index contributed by atoms with van der Waals surface area (Å²) in [5, 5.41) is 0. The summed E-state index contributed by atoms with van der Waals surface area (Å²) in [6.07, 6.45) is 0.0158. The molecule has 1 aromatic heterocycles. The van der Waals surface area contributed by atoms with Gasteiger partial charge in [-0.15, -0.1) is 0 Å². The highest BCUT2D eigenvalue weighted by Crippen LogP contribution is 2.12. The van der Waals surface area contributed by atoms with E-state index in [4.69, 9.17) is 0 Å². The number of methoxy groups -OCH3 is 1. The van der Waals surface area contributed by atoms with Gasteiger partial charge in [-0.1, -0.05) is 6.07 Å². The molecule has 0 saturated heterocycles. The fraction of sp³-hybridized carbons (Fsp3) is 0.111. The Hall–Kier alpha value is -1.78. The standard InChI is InChI=1S/C9H7F2NO2/c1-14-9(13)8-6(5-7(10)11)3-2-4-12-8/h2-5H,1H3. The van der Waals surface area contributed by atoms with Crippen LogP contribution in [0.4, 0.5) is 8.78 Å². The number of halogens is 2. The molecule has 0 spiro atoms. The number of carbonyl (C=O) groups excluding carboxylic acids is 1. The minimum Gasteiger partial charge on any atom is -0.464 e. The molecule has 0 atom stereocenters. The summed E-state index contributed by atoms with van der Waals surface area (Å²) in [6, 6.07) is 2.82. The summed E-state index contributed by atoms with van der Waals surface area (Å²) in [5.41, 5.74) is -0.0813. The molecule has 0 aliphatic heterocycles. The summed E-state index contributed by atoms with van der Waals surface area (Å²) in [4.78, 5) is 14.7. The SMILES string of the molecule is COC(=O)c1ncccc1C=C(F)F. The van der Waals surface area contributed by atoms with Crippen LogP contribution in [0.15, 0.2) is 24.4 Å². The third-order valence-electron chi connectivity index (χ3n) is 1.48. The normalized spacial score (nSPS) is 9.36. The third-order valence-corrected chi connectivity index (χ3v) is 1.48. The van der Waals surface area contributed by atoms with Crippen LogP contribution in [0.25, 0.3) is 6.08 Å². The lowest BCUT2D eigenvalue weighted by molar-refractivity contribution is 0.0594. The molecule has 0 fully saturated rings. The van der Waals surface area contributed by atoms with E-state index in [-0.39, 0.29) is 11.3 Å². The van der Waals surface area contributed by atoms with Crippen molar-refractivity contribution in [1.29, 1.82) is 0 Å². The first-order valence-corrected chi connectivity index (χ1v) is 3.71. The molecule has 0 bridgehead atoms. The molecule has 3 nitrogen and oxygen atoms in total. The zero-order valence-corrected chi connectivity index (χ0v) is 7.33. The largest absolute Gasteiger partial charge is 0.464 e. The smallest absolute Gasteiger partial charge is 0.357 e. The fourth-order valence-corrected chi connectivity index (χ4v) is 0.919. The van der Waals surface area contributed by atoms with Gasteiger partial charge in [-0.25, -0.2) is 9.78 Å². The van der Waals surface area contributed by atoms with E-state index in [9.17, 15) is 13.6 Å². The highest BCUT2D eigenvalue weighted by Gasteiger charge is 2.11. The number of aromatic nitrogens is 1. The van der Waals surface area contributed by atoms with Crippen molar-refractivity contribution >= 4 is 12.0 Å². The molecule has 1 rings (SSSR count). The van der Waals surface area contributed by atoms with Crippen LogP contribution in [0, 0.1) is 0 Å². The molecular formula is C9H7F2NO2. The zero-order chi connectivity index (χ0) is 10.6. The van der Waals surface area contributed by atoms with Gasteiger partial charge < -0.3 is 4.74 Å². The van der Waals surface area contributed by atoms with Crippen molar-refractivity contribution in [1.82, 2.24) is 4.98 Å². The van der Waals surface area contributed by atoms with Gasteiger partial charge in [-0.3, -0.25) is 0 Å². The first kappa shape index (κ1) is 10.3. The van der Waals surface area contributed by atoms with Gasteiger partial charge in [-0.05, 0) is 6.07 Å². The second-order valence-corrected chi connectivity index (χ2v) is 2.37. The summed E-state index contributed by atoms with van der Waals surface area (Å²) >= 11 is 0. The van der Waals surface area contributed by atoms with Gasteiger partial charge in [0.2, 0.25) is 0 Å². The van der Waals surface area contributed by atoms with Crippen LogP contribution in [0.1, 0.15) is 16.1 Å². The molecular weight excluding hydrogens is 192 g/mol. The predicted molar refractivity (Wildman–Crippen MR) is 45.8 cm³/mol. The van der Waals surface area contributed by atoms with E-state index in [1.165, 1.54) is 18.3 Å². The highest BCUT2D eigenvalue weighted by molar-refractivity contribution is 5.91. The van der Waals surface area contributed by atoms with E-state index in [0.29, 0.717) is 6.08 Å². The molecule has 0 amide bonds. The van der Waals surface area contributed by atoms with Crippen LogP contribution in [0.3, 0.4) is 0 Å². The lowest BCUT2D eigenvalue weighted by atomic mass is 10.2. The Balaban J connectivity index is 3.16. The molecule has 0 aliphatic rings. The van der Waals surface area contributed by atoms with Gasteiger partial charge in [0.05, 0.1) is 7.11 Å². The summed E-state index contributed by atoms with van der Waals surface area (Å²) in [5.74, 6) is -0.738. The molecule has 0 aromatic carbocycles. The molecule has 0 aliphatic carbocycles. The average molecular weight is 199 g/mol. The van der Waals surface area contributed by atoms with Gasteiger partial charge >= 0.3 is 5.97 Å². The van der Waals surface area contributed by atoms with E-state index in [1.807, 2.05) is 0 Å². The minimum absolute atomic E-state index is 0.0411. The van der Waals surface area contributed by atoms with E-state index in [0.717, 1.165) is 7.11 Å². The lowest BCUT2D eigenvalue weighted by Gasteiger charge is -2.01. The molecule has 5 heteroatoms. The van der Waals surface area contributed by atoms with E-state index < -0.39 is 12.0 Å². The van der Waals surface area contributed by atoms with Crippen LogP contribution < -0.4 is 0 Å². The van der Waals surface area contributed by atoms with Crippen molar-refractivity contribution in [2.75, 3.05) is 7.11 Å². The zero-order valence-electron chi connectivity index (χ0n) is 7.33. The Morgan fingerprint density at radius 3 is 2.86 bits per heavy atom. The first-order chi connectivity index (χ1) is 6.65. The van der Waals surface area contributed by atoms with Crippen molar-refractivity contribution in [3.8, 4) is 0 Å². The number of hydrogen-bond donors (Lipinski definition) is 0. The average Bonchev–Trinajstić information content (AvgIpc) is 2.16. The summed E-state index contributed by atoms with van der Waals surface area (Å²) in [7, 11) is 1.16. The van der Waals surface area contributed by atoms with Gasteiger partial charge in [0.1, 0.15) is 0 Å². The molecule has 14 heavy (non-hydrogen) atoms. The Kier molecular flexibility index (Phi) is 3.28. The first-order valence-electron chi connectivity index (χ1n) is 3.71. The van der Waals surface area contributed by atoms with Crippen molar-refractivity contribution in [3.05, 3.63) is 35.7 Å². The Morgan fingerprint density at radius 1 is 1.57 bits per heavy atom. The maximum absolute atomic E-state index is 11.9. The Bertz CT molecular complexity index is 373. The van der Waals surface area contributed by atoms with Crippen molar-refractivity contribution in [2.45, 2.75) is 0 Å². The van der Waals surface area contributed by atoms with Gasteiger partial charge in [-0.2, -0.15) is 8.78 Å². The summed E-state index contributed by atoms with van der Waals surface area (Å²) in [6.45, 7) is 0. The molecule has 1 heterocycles. The molecule has 0 unspecified atom stereocenters. The van der Waals surface area contributed by atoms with Crippen molar-refractivity contribution in [3.63, 3.8) is 0 Å². The second kappa shape index (κ2) is 4.45. The number of rotatable bonds is 2. The van der Waals surface area contributed by atoms with Crippen LogP contribution in [0.5, 0.6) is 0 Å². The van der Waals surface area contributed by atoms with Crippen molar-refractivity contribution in [2.24, 2.45) is 0 Å². The van der Waals surface area contributed by atoms with E-state index in [1.54, 1.807) is 0 Å². The fourth-order valence-electron chi connectivity index (χ4n) is 0.919. The van der Waals surface area contributed by atoms with Crippen molar-refractivity contribution < 1.29 is 18.3 Å². The maximum Gasteiger partial charge on any atom is 0.357 e. The monoisotopic (exact) mass is 199 g/mol. The van der Waals surface area contributed by atoms with E-state index >= 15 is 0 Å². The number of hydrogen-bond acceptors (Lipinski definition) is 3. The molecule has 0 N–H and O–H groups in total. The highest BCUT2D eigenvalue weighted by atomic mass is 19.3. The van der Waals surface area contributed by atoms with Gasteiger partial charge in [0.25, 0.3) is 6.08 Å². The number of nitrogens with zero attached hydrogens (tertiary/aromatic N) is 1. The van der Waals surface area contributed by atoms with E-state index in [2.05, 4.69) is 9.72 Å². The van der Waals surface area contributed by atoms with Crippen LogP contribution in [0.2, 0.25) is 0 Å². The number of esters is 1. The summed E-state index contributed by atoms with van der Waals surface area (Å²) < 4.78 is 28.3. The quantitative estimate of drug-likeness (QED) is 0.684. The number of ether oxygens (including phenoxy) is 1. The number of carbonyl (C=O) groups is 1. The number of pyridine rings is 1. The van der Waals surface area contributed by atoms with Gasteiger partial charge in [0, 0.05) is 17.8 Å². The van der Waals surface area contributed by atoms with Crippen LogP contribution in [-0.4, -0.2) is 18.1 Å². The molecule has 0 saturated carbocycles. The second-order valence-electron chi connectivity index (χ2n) is 2.37. The molecule has 0 radical (unpaired) electrons. The predicted octanol–water partition coefficient (Wildman–Crippen LogP) is 2.11. The van der Waals surface area contributed by atoms with Crippen LogP contribution >= 0.6 is 0 Å². The Morgan fingerprint density at radius 2 is 2.29 bits per heavy atom. The maximum atomic E-state index is 11.9. The third kappa shape index (κ3) is 2.35. The Labute approximate surface area is 79.0 Å². The topological polar surface area (TPSA) is 39.2 Å². The molecule has 1 aromatic rings. The molecule has 74 valence electrons.